The van der Waals surface area contributed by atoms with Gasteiger partial charge in [0.15, 0.2) is 0 Å². The van der Waals surface area contributed by atoms with Gasteiger partial charge in [0, 0.05) is 51.4 Å². The first-order valence-electron chi connectivity index (χ1n) is 11.7. The molecular formula is C20H46N8. The molecule has 2 fully saturated rings. The van der Waals surface area contributed by atoms with E-state index in [0.717, 1.165) is 91.6 Å². The number of nitrogens with one attached hydrogen (secondary N) is 8. The van der Waals surface area contributed by atoms with Crippen LogP contribution >= 0.6 is 0 Å². The molecule has 0 radical (unpaired) electrons. The Morgan fingerprint density at radius 3 is 1.04 bits per heavy atom. The van der Waals surface area contributed by atoms with Crippen LogP contribution < -0.4 is 42.5 Å². The first-order valence-corrected chi connectivity index (χ1v) is 11.7. The average Bonchev–Trinajstić information content (AvgIpc) is 2.71. The molecule has 166 valence electrons. The van der Waals surface area contributed by atoms with Crippen molar-refractivity contribution in [2.24, 2.45) is 0 Å². The molecule has 2 heterocycles. The van der Waals surface area contributed by atoms with E-state index in [0.29, 0.717) is 12.1 Å². The van der Waals surface area contributed by atoms with Crippen LogP contribution in [0.5, 0.6) is 0 Å². The van der Waals surface area contributed by atoms with E-state index in [1.54, 1.807) is 0 Å². The Hall–Kier alpha value is -0.320. The molecular weight excluding hydrogens is 352 g/mol. The van der Waals surface area contributed by atoms with Crippen molar-refractivity contribution in [1.29, 1.82) is 0 Å². The highest BCUT2D eigenvalue weighted by atomic mass is 15.1. The monoisotopic (exact) mass is 398 g/mol. The second kappa shape index (κ2) is 17.5. The van der Waals surface area contributed by atoms with Gasteiger partial charge in [0.1, 0.15) is 0 Å². The van der Waals surface area contributed by atoms with Gasteiger partial charge >= 0.3 is 0 Å². The van der Waals surface area contributed by atoms with Gasteiger partial charge < -0.3 is 42.5 Å². The predicted molar refractivity (Wildman–Crippen MR) is 119 cm³/mol. The molecule has 0 aromatic rings. The van der Waals surface area contributed by atoms with E-state index in [4.69, 9.17) is 0 Å². The van der Waals surface area contributed by atoms with E-state index >= 15 is 0 Å². The van der Waals surface area contributed by atoms with Crippen molar-refractivity contribution in [3.8, 4) is 0 Å². The van der Waals surface area contributed by atoms with E-state index in [1.807, 2.05) is 0 Å². The number of rotatable bonds is 1. The minimum atomic E-state index is 0.447. The summed E-state index contributed by atoms with van der Waals surface area (Å²) in [6.45, 7) is 15.0. The fourth-order valence-electron chi connectivity index (χ4n) is 3.76. The van der Waals surface area contributed by atoms with Crippen LogP contribution in [0.2, 0.25) is 0 Å². The van der Waals surface area contributed by atoms with E-state index < -0.39 is 0 Å². The van der Waals surface area contributed by atoms with Gasteiger partial charge in [-0.2, -0.15) is 0 Å². The molecule has 8 heteroatoms. The molecule has 0 bridgehead atoms. The van der Waals surface area contributed by atoms with Crippen LogP contribution in [0.15, 0.2) is 0 Å². The van der Waals surface area contributed by atoms with E-state index in [9.17, 15) is 0 Å². The van der Waals surface area contributed by atoms with Crippen LogP contribution in [0.1, 0.15) is 25.7 Å². The fourth-order valence-corrected chi connectivity index (χ4v) is 3.76. The highest BCUT2D eigenvalue weighted by Crippen LogP contribution is 1.96. The van der Waals surface area contributed by atoms with Crippen molar-refractivity contribution < 1.29 is 0 Å². The lowest BCUT2D eigenvalue weighted by atomic mass is 10.1. The van der Waals surface area contributed by atoms with Crippen molar-refractivity contribution in [2.75, 3.05) is 91.6 Å². The molecule has 2 atom stereocenters. The van der Waals surface area contributed by atoms with Gasteiger partial charge in [0.05, 0.1) is 0 Å². The molecule has 8 nitrogen and oxygen atoms in total. The Balaban J connectivity index is 1.82. The number of hydrogen-bond donors (Lipinski definition) is 8. The largest absolute Gasteiger partial charge is 0.315 e. The Bertz CT molecular complexity index is 284. The second-order valence-electron chi connectivity index (χ2n) is 7.94. The van der Waals surface area contributed by atoms with Gasteiger partial charge in [-0.15, -0.1) is 0 Å². The van der Waals surface area contributed by atoms with Crippen LogP contribution in [-0.4, -0.2) is 104 Å². The minimum Gasteiger partial charge on any atom is -0.315 e. The summed E-state index contributed by atoms with van der Waals surface area (Å²) < 4.78 is 0. The molecule has 2 rings (SSSR count). The Morgan fingerprint density at radius 2 is 0.643 bits per heavy atom. The third-order valence-corrected chi connectivity index (χ3v) is 5.46. The number of hydrogen-bond acceptors (Lipinski definition) is 8. The van der Waals surface area contributed by atoms with Crippen molar-refractivity contribution in [3.05, 3.63) is 0 Å². The smallest absolute Gasteiger partial charge is 0.0359 e. The molecule has 0 saturated carbocycles. The lowest BCUT2D eigenvalue weighted by Crippen LogP contribution is -2.57. The lowest BCUT2D eigenvalue weighted by molar-refractivity contribution is 0.334. The highest BCUT2D eigenvalue weighted by Gasteiger charge is 2.20. The van der Waals surface area contributed by atoms with Gasteiger partial charge in [-0.05, 0) is 78.0 Å². The third kappa shape index (κ3) is 12.3. The van der Waals surface area contributed by atoms with Gasteiger partial charge in [-0.25, -0.2) is 0 Å². The molecule has 2 saturated heterocycles. The first-order chi connectivity index (χ1) is 14.0. The molecule has 2 aliphatic rings. The van der Waals surface area contributed by atoms with Crippen molar-refractivity contribution >= 4 is 0 Å². The van der Waals surface area contributed by atoms with Gasteiger partial charge in [0.25, 0.3) is 0 Å². The highest BCUT2D eigenvalue weighted by molar-refractivity contribution is 4.86. The maximum Gasteiger partial charge on any atom is 0.0359 e. The third-order valence-electron chi connectivity index (χ3n) is 5.46. The molecule has 0 unspecified atom stereocenters. The SMILES string of the molecule is C1CNCCNCCCN[C@@H]([C@H]2CNCCCNCCNCCCN2)CNC1. The summed E-state index contributed by atoms with van der Waals surface area (Å²) in [5.41, 5.74) is 0. The van der Waals surface area contributed by atoms with E-state index in [1.165, 1.54) is 25.7 Å². The molecule has 2 aliphatic heterocycles. The van der Waals surface area contributed by atoms with Crippen molar-refractivity contribution in [3.63, 3.8) is 0 Å². The zero-order chi connectivity index (χ0) is 19.5. The molecule has 8 N–H and O–H groups in total. The molecule has 0 aromatic carbocycles. The summed E-state index contributed by atoms with van der Waals surface area (Å²) >= 11 is 0. The molecule has 0 spiro atoms. The van der Waals surface area contributed by atoms with Crippen LogP contribution in [0.25, 0.3) is 0 Å². The second-order valence-corrected chi connectivity index (χ2v) is 7.94. The van der Waals surface area contributed by atoms with Crippen molar-refractivity contribution in [2.45, 2.75) is 37.8 Å². The molecule has 0 aliphatic carbocycles. The maximum absolute atomic E-state index is 3.83. The topological polar surface area (TPSA) is 96.2 Å². The normalized spacial score (nSPS) is 30.0. The summed E-state index contributed by atoms with van der Waals surface area (Å²) in [6, 6.07) is 0.893. The summed E-state index contributed by atoms with van der Waals surface area (Å²) in [6.07, 6.45) is 4.71. The first kappa shape index (κ1) is 24.0. The van der Waals surface area contributed by atoms with Gasteiger partial charge in [-0.1, -0.05) is 0 Å². The lowest BCUT2D eigenvalue weighted by Gasteiger charge is -2.30. The Labute approximate surface area is 172 Å². The molecule has 0 amide bonds. The predicted octanol–water partition coefficient (Wildman–Crippen LogP) is -1.97. The Morgan fingerprint density at radius 1 is 0.321 bits per heavy atom. The van der Waals surface area contributed by atoms with Crippen molar-refractivity contribution in [1.82, 2.24) is 42.5 Å². The summed E-state index contributed by atoms with van der Waals surface area (Å²) in [5.74, 6) is 0. The van der Waals surface area contributed by atoms with Crippen LogP contribution in [-0.2, 0) is 0 Å². The quantitative estimate of drug-likeness (QED) is 0.258. The van der Waals surface area contributed by atoms with Crippen LogP contribution in [0.4, 0.5) is 0 Å². The van der Waals surface area contributed by atoms with E-state index in [-0.39, 0.29) is 0 Å². The summed E-state index contributed by atoms with van der Waals surface area (Å²) in [4.78, 5) is 0. The zero-order valence-corrected chi connectivity index (χ0v) is 17.9. The fraction of sp³-hybridized carbons (Fsp3) is 1.00. The van der Waals surface area contributed by atoms with E-state index in [2.05, 4.69) is 42.5 Å². The maximum atomic E-state index is 3.83. The standard InChI is InChI=1S/C20H46N8/c1-5-21-13-15-23-7-3-11-27-19(17-25-9-1)20-18-26-10-2-6-22-14-16-24-8-4-12-28-20/h19-28H,1-18H2/t19-,20-/m1/s1. The summed E-state index contributed by atoms with van der Waals surface area (Å²) in [5, 5.41) is 29.1. The molecule has 28 heavy (non-hydrogen) atoms. The summed E-state index contributed by atoms with van der Waals surface area (Å²) in [7, 11) is 0. The Kier molecular flexibility index (Phi) is 15.0. The van der Waals surface area contributed by atoms with Gasteiger partial charge in [0.2, 0.25) is 0 Å². The van der Waals surface area contributed by atoms with Crippen LogP contribution in [0.3, 0.4) is 0 Å². The average molecular weight is 399 g/mol. The van der Waals surface area contributed by atoms with Gasteiger partial charge in [-0.3, -0.25) is 0 Å². The minimum absolute atomic E-state index is 0.447. The molecule has 0 aromatic heterocycles. The van der Waals surface area contributed by atoms with Crippen LogP contribution in [0, 0.1) is 0 Å². The zero-order valence-electron chi connectivity index (χ0n) is 17.9.